The van der Waals surface area contributed by atoms with Gasteiger partial charge in [-0.3, -0.25) is 14.8 Å². The fourth-order valence-corrected chi connectivity index (χ4v) is 2.15. The summed E-state index contributed by atoms with van der Waals surface area (Å²) in [6, 6.07) is 9.06. The molecule has 0 radical (unpaired) electrons. The number of nitrogens with one attached hydrogen (secondary N) is 1. The Bertz CT molecular complexity index is 743. The lowest BCUT2D eigenvalue weighted by molar-refractivity contribution is -0.124. The van der Waals surface area contributed by atoms with Gasteiger partial charge in [0.25, 0.3) is 5.91 Å². The van der Waals surface area contributed by atoms with E-state index >= 15 is 0 Å². The highest BCUT2D eigenvalue weighted by molar-refractivity contribution is 6.09. The maximum absolute atomic E-state index is 12.5. The van der Waals surface area contributed by atoms with Crippen LogP contribution in [0.3, 0.4) is 0 Å². The van der Waals surface area contributed by atoms with Gasteiger partial charge in [-0.1, -0.05) is 0 Å². The SMILES string of the molecule is CN(C)c1ccc(C(=O)c2cc(/C=C/C(=O)NO)n(C)c2)cc1. The summed E-state index contributed by atoms with van der Waals surface area (Å²) < 4.78 is 1.74. The van der Waals surface area contributed by atoms with Gasteiger partial charge in [-0.05, 0) is 36.4 Å². The molecule has 2 aromatic rings. The zero-order valence-corrected chi connectivity index (χ0v) is 13.3. The van der Waals surface area contributed by atoms with Crippen LogP contribution >= 0.6 is 0 Å². The highest BCUT2D eigenvalue weighted by Crippen LogP contribution is 2.17. The Morgan fingerprint density at radius 3 is 2.39 bits per heavy atom. The topological polar surface area (TPSA) is 74.6 Å². The average molecular weight is 313 g/mol. The molecule has 2 rings (SSSR count). The van der Waals surface area contributed by atoms with Gasteiger partial charge in [-0.15, -0.1) is 0 Å². The number of rotatable bonds is 5. The number of hydrogen-bond donors (Lipinski definition) is 2. The van der Waals surface area contributed by atoms with Crippen molar-refractivity contribution in [2.45, 2.75) is 0 Å². The van der Waals surface area contributed by atoms with Gasteiger partial charge in [0.2, 0.25) is 0 Å². The van der Waals surface area contributed by atoms with E-state index in [-0.39, 0.29) is 5.78 Å². The van der Waals surface area contributed by atoms with E-state index in [4.69, 9.17) is 5.21 Å². The van der Waals surface area contributed by atoms with Crippen LogP contribution in [0, 0.1) is 0 Å². The second kappa shape index (κ2) is 6.93. The van der Waals surface area contributed by atoms with Crippen LogP contribution in [0.1, 0.15) is 21.6 Å². The standard InChI is InChI=1S/C17H19N3O3/c1-19(2)14-6-4-12(5-7-14)17(22)13-10-15(20(3)11-13)8-9-16(21)18-23/h4-11,23H,1-3H3,(H,18,21)/b9-8+. The Hall–Kier alpha value is -2.86. The van der Waals surface area contributed by atoms with E-state index in [2.05, 4.69) is 0 Å². The summed E-state index contributed by atoms with van der Waals surface area (Å²) in [7, 11) is 5.66. The Morgan fingerprint density at radius 1 is 1.17 bits per heavy atom. The molecule has 1 amide bonds. The van der Waals surface area contributed by atoms with Crippen molar-refractivity contribution in [3.63, 3.8) is 0 Å². The lowest BCUT2D eigenvalue weighted by Crippen LogP contribution is -2.14. The quantitative estimate of drug-likeness (QED) is 0.382. The Morgan fingerprint density at radius 2 is 1.83 bits per heavy atom. The zero-order chi connectivity index (χ0) is 17.0. The summed E-state index contributed by atoms with van der Waals surface area (Å²) in [6.45, 7) is 0. The number of nitrogens with zero attached hydrogens (tertiary/aromatic N) is 2. The van der Waals surface area contributed by atoms with Gasteiger partial charge < -0.3 is 9.47 Å². The summed E-state index contributed by atoms with van der Waals surface area (Å²) in [4.78, 5) is 25.5. The zero-order valence-electron chi connectivity index (χ0n) is 13.3. The summed E-state index contributed by atoms with van der Waals surface area (Å²) in [5, 5.41) is 8.47. The molecule has 23 heavy (non-hydrogen) atoms. The number of benzene rings is 1. The molecule has 0 aliphatic heterocycles. The number of carbonyl (C=O) groups excluding carboxylic acids is 2. The van der Waals surface area contributed by atoms with Gasteiger partial charge in [0.05, 0.1) is 0 Å². The lowest BCUT2D eigenvalue weighted by Gasteiger charge is -2.12. The lowest BCUT2D eigenvalue weighted by atomic mass is 10.1. The smallest absolute Gasteiger partial charge is 0.267 e. The van der Waals surface area contributed by atoms with Crippen molar-refractivity contribution < 1.29 is 14.8 Å². The third kappa shape index (κ3) is 3.87. The molecule has 1 heterocycles. The van der Waals surface area contributed by atoms with Crippen molar-refractivity contribution in [2.24, 2.45) is 7.05 Å². The first-order valence-electron chi connectivity index (χ1n) is 7.03. The van der Waals surface area contributed by atoms with E-state index < -0.39 is 5.91 Å². The number of hydroxylamine groups is 1. The van der Waals surface area contributed by atoms with Gasteiger partial charge in [0.15, 0.2) is 5.78 Å². The second-order valence-corrected chi connectivity index (χ2v) is 5.34. The Balaban J connectivity index is 2.23. The first kappa shape index (κ1) is 16.5. The van der Waals surface area contributed by atoms with E-state index in [1.807, 2.05) is 31.1 Å². The van der Waals surface area contributed by atoms with Crippen molar-refractivity contribution in [3.05, 3.63) is 59.4 Å². The molecular weight excluding hydrogens is 294 g/mol. The predicted molar refractivity (Wildman–Crippen MR) is 88.6 cm³/mol. The van der Waals surface area contributed by atoms with Crippen molar-refractivity contribution in [2.75, 3.05) is 19.0 Å². The van der Waals surface area contributed by atoms with Crippen molar-refractivity contribution in [3.8, 4) is 0 Å². The largest absolute Gasteiger partial charge is 0.378 e. The maximum Gasteiger partial charge on any atom is 0.267 e. The first-order valence-corrected chi connectivity index (χ1v) is 7.03. The number of ketones is 1. The predicted octanol–water partition coefficient (Wildman–Crippen LogP) is 1.84. The van der Waals surface area contributed by atoms with Crippen LogP contribution in [0.5, 0.6) is 0 Å². The molecule has 0 bridgehead atoms. The fraction of sp³-hybridized carbons (Fsp3) is 0.176. The number of carbonyl (C=O) groups is 2. The molecule has 6 nitrogen and oxygen atoms in total. The summed E-state index contributed by atoms with van der Waals surface area (Å²) in [6.07, 6.45) is 4.42. The second-order valence-electron chi connectivity index (χ2n) is 5.34. The van der Waals surface area contributed by atoms with Crippen LogP contribution < -0.4 is 10.4 Å². The van der Waals surface area contributed by atoms with Crippen LogP contribution in [0.25, 0.3) is 6.08 Å². The minimum absolute atomic E-state index is 0.0860. The van der Waals surface area contributed by atoms with Crippen LogP contribution in [0.2, 0.25) is 0 Å². The third-order valence-corrected chi connectivity index (χ3v) is 3.47. The summed E-state index contributed by atoms with van der Waals surface area (Å²) >= 11 is 0. The van der Waals surface area contributed by atoms with Crippen molar-refractivity contribution in [1.82, 2.24) is 10.0 Å². The van der Waals surface area contributed by atoms with Crippen LogP contribution in [0.4, 0.5) is 5.69 Å². The molecule has 0 saturated heterocycles. The van der Waals surface area contributed by atoms with Crippen molar-refractivity contribution in [1.29, 1.82) is 0 Å². The Kier molecular flexibility index (Phi) is 4.98. The first-order chi connectivity index (χ1) is 10.9. The summed E-state index contributed by atoms with van der Waals surface area (Å²) in [5.74, 6) is -0.712. The molecule has 120 valence electrons. The number of aryl methyl sites for hydroxylation is 1. The monoisotopic (exact) mass is 313 g/mol. The van der Waals surface area contributed by atoms with E-state index in [1.165, 1.54) is 17.6 Å². The third-order valence-electron chi connectivity index (χ3n) is 3.47. The number of anilines is 1. The Labute approximate surface area is 134 Å². The normalized spacial score (nSPS) is 10.8. The minimum atomic E-state index is -0.627. The van der Waals surface area contributed by atoms with Crippen LogP contribution in [0.15, 0.2) is 42.6 Å². The molecule has 0 saturated carbocycles. The molecule has 2 N–H and O–H groups in total. The number of amides is 1. The molecule has 0 aliphatic rings. The molecular formula is C17H19N3O3. The molecule has 6 heteroatoms. The molecule has 0 unspecified atom stereocenters. The maximum atomic E-state index is 12.5. The van der Waals surface area contributed by atoms with E-state index in [9.17, 15) is 9.59 Å². The fourth-order valence-electron chi connectivity index (χ4n) is 2.15. The average Bonchev–Trinajstić information content (AvgIpc) is 2.92. The molecule has 1 aromatic carbocycles. The number of hydrogen-bond acceptors (Lipinski definition) is 4. The summed E-state index contributed by atoms with van der Waals surface area (Å²) in [5.41, 5.74) is 4.36. The van der Waals surface area contributed by atoms with Gasteiger partial charge in [0.1, 0.15) is 0 Å². The molecule has 0 spiro atoms. The highest BCUT2D eigenvalue weighted by Gasteiger charge is 2.12. The molecule has 0 fully saturated rings. The van der Waals surface area contributed by atoms with E-state index in [1.54, 1.807) is 36.0 Å². The van der Waals surface area contributed by atoms with Gasteiger partial charge in [-0.25, -0.2) is 5.48 Å². The van der Waals surface area contributed by atoms with Gasteiger partial charge >= 0.3 is 0 Å². The van der Waals surface area contributed by atoms with Crippen LogP contribution in [-0.2, 0) is 11.8 Å². The van der Waals surface area contributed by atoms with Crippen molar-refractivity contribution >= 4 is 23.5 Å². The van der Waals surface area contributed by atoms with Gasteiger partial charge in [-0.2, -0.15) is 0 Å². The number of aromatic nitrogens is 1. The molecule has 1 aromatic heterocycles. The molecule has 0 aliphatic carbocycles. The minimum Gasteiger partial charge on any atom is -0.378 e. The highest BCUT2D eigenvalue weighted by atomic mass is 16.5. The van der Waals surface area contributed by atoms with E-state index in [0.717, 1.165) is 5.69 Å². The van der Waals surface area contributed by atoms with Crippen LogP contribution in [-0.4, -0.2) is 35.6 Å². The van der Waals surface area contributed by atoms with E-state index in [0.29, 0.717) is 16.8 Å². The van der Waals surface area contributed by atoms with Gasteiger partial charge in [0, 0.05) is 55.9 Å². The molecule has 0 atom stereocenters.